The van der Waals surface area contributed by atoms with Crippen LogP contribution in [0.5, 0.6) is 0 Å². The van der Waals surface area contributed by atoms with Crippen molar-refractivity contribution in [1.82, 2.24) is 14.9 Å². The number of piperidine rings is 1. The molecule has 21 heavy (non-hydrogen) atoms. The average molecular weight is 333 g/mol. The minimum Gasteiger partial charge on any atom is -0.333 e. The van der Waals surface area contributed by atoms with Gasteiger partial charge in [-0.05, 0) is 19.3 Å². The molecule has 1 aromatic rings. The van der Waals surface area contributed by atoms with Gasteiger partial charge in [-0.25, -0.2) is 9.97 Å². The first kappa shape index (κ1) is 18.1. The van der Waals surface area contributed by atoms with E-state index in [0.717, 1.165) is 25.8 Å². The van der Waals surface area contributed by atoms with Crippen molar-refractivity contribution in [2.75, 3.05) is 13.1 Å². The maximum Gasteiger partial charge on any atom is 0.274 e. The molecular weight excluding hydrogens is 311 g/mol. The molecule has 1 fully saturated rings. The highest BCUT2D eigenvalue weighted by Crippen LogP contribution is 2.22. The van der Waals surface area contributed by atoms with Crippen LogP contribution < -0.4 is 5.73 Å². The molecule has 1 unspecified atom stereocenters. The summed E-state index contributed by atoms with van der Waals surface area (Å²) in [4.78, 5) is 23.0. The highest BCUT2D eigenvalue weighted by atomic mass is 35.5. The standard InChI is InChI=1S/C14H21ClN4O.ClH/c1-9(2)13-17-8-11(15)12(18-13)14(20)19-6-4-3-5-10(19)7-16;/h8-10H,3-7,16H2,1-2H3;1H. The van der Waals surface area contributed by atoms with E-state index in [1.807, 2.05) is 18.7 Å². The number of nitrogens with two attached hydrogens (primary N) is 1. The molecule has 1 atom stereocenters. The predicted octanol–water partition coefficient (Wildman–Crippen LogP) is 2.63. The number of hydrogen-bond acceptors (Lipinski definition) is 4. The Labute approximate surface area is 136 Å². The van der Waals surface area contributed by atoms with Gasteiger partial charge in [0, 0.05) is 25.0 Å². The Morgan fingerprint density at radius 1 is 1.52 bits per heavy atom. The second-order valence-corrected chi connectivity index (χ2v) is 5.87. The lowest BCUT2D eigenvalue weighted by molar-refractivity contribution is 0.0617. The van der Waals surface area contributed by atoms with Gasteiger partial charge in [-0.2, -0.15) is 0 Å². The Morgan fingerprint density at radius 2 is 2.24 bits per heavy atom. The molecule has 0 radical (unpaired) electrons. The fourth-order valence-electron chi connectivity index (χ4n) is 2.46. The normalized spacial score (nSPS) is 18.5. The summed E-state index contributed by atoms with van der Waals surface area (Å²) in [7, 11) is 0. The molecular formula is C14H22Cl2N4O. The fourth-order valence-corrected chi connectivity index (χ4v) is 2.63. The van der Waals surface area contributed by atoms with Crippen LogP contribution in [0, 0.1) is 0 Å². The van der Waals surface area contributed by atoms with Crippen LogP contribution in [0.2, 0.25) is 5.02 Å². The van der Waals surface area contributed by atoms with Gasteiger partial charge in [0.2, 0.25) is 0 Å². The highest BCUT2D eigenvalue weighted by molar-refractivity contribution is 6.33. The van der Waals surface area contributed by atoms with E-state index in [2.05, 4.69) is 9.97 Å². The Morgan fingerprint density at radius 3 is 2.86 bits per heavy atom. The maximum absolute atomic E-state index is 12.7. The summed E-state index contributed by atoms with van der Waals surface area (Å²) in [6, 6.07) is 0.0878. The van der Waals surface area contributed by atoms with Crippen molar-refractivity contribution in [1.29, 1.82) is 0 Å². The Hall–Kier alpha value is -0.910. The number of amides is 1. The number of likely N-dealkylation sites (tertiary alicyclic amines) is 1. The van der Waals surface area contributed by atoms with Crippen molar-refractivity contribution in [3.8, 4) is 0 Å². The molecule has 7 heteroatoms. The van der Waals surface area contributed by atoms with E-state index in [0.29, 0.717) is 23.1 Å². The third kappa shape index (κ3) is 4.05. The Bertz CT molecular complexity index is 496. The number of carbonyl (C=O) groups is 1. The van der Waals surface area contributed by atoms with Gasteiger partial charge in [-0.1, -0.05) is 25.4 Å². The number of hydrogen-bond donors (Lipinski definition) is 1. The van der Waals surface area contributed by atoms with Gasteiger partial charge < -0.3 is 10.6 Å². The van der Waals surface area contributed by atoms with Crippen LogP contribution in [0.25, 0.3) is 0 Å². The van der Waals surface area contributed by atoms with Crippen molar-refractivity contribution >= 4 is 29.9 Å². The first-order valence-electron chi connectivity index (χ1n) is 7.08. The second-order valence-electron chi connectivity index (χ2n) is 5.46. The Kier molecular flexibility index (Phi) is 6.84. The number of nitrogens with zero attached hydrogens (tertiary/aromatic N) is 3. The van der Waals surface area contributed by atoms with Gasteiger partial charge in [0.1, 0.15) is 5.82 Å². The lowest BCUT2D eigenvalue weighted by atomic mass is 10.0. The van der Waals surface area contributed by atoms with Crippen molar-refractivity contribution in [2.24, 2.45) is 5.73 Å². The first-order chi connectivity index (χ1) is 9.54. The van der Waals surface area contributed by atoms with Crippen LogP contribution in [0.1, 0.15) is 55.3 Å². The van der Waals surface area contributed by atoms with Gasteiger partial charge >= 0.3 is 0 Å². The number of carbonyl (C=O) groups excluding carboxylic acids is 1. The molecule has 0 aromatic carbocycles. The summed E-state index contributed by atoms with van der Waals surface area (Å²) in [6.45, 7) is 5.17. The van der Waals surface area contributed by atoms with E-state index in [1.165, 1.54) is 6.20 Å². The third-order valence-corrected chi connectivity index (χ3v) is 3.92. The first-order valence-corrected chi connectivity index (χ1v) is 7.45. The summed E-state index contributed by atoms with van der Waals surface area (Å²) >= 11 is 6.10. The summed E-state index contributed by atoms with van der Waals surface area (Å²) in [5.74, 6) is 0.666. The molecule has 0 bridgehead atoms. The summed E-state index contributed by atoms with van der Waals surface area (Å²) in [5, 5.41) is 0.306. The van der Waals surface area contributed by atoms with Crippen LogP contribution in [0.15, 0.2) is 6.20 Å². The van der Waals surface area contributed by atoms with Gasteiger partial charge in [0.05, 0.1) is 11.2 Å². The van der Waals surface area contributed by atoms with E-state index >= 15 is 0 Å². The number of halogens is 2. The van der Waals surface area contributed by atoms with E-state index in [-0.39, 0.29) is 30.3 Å². The van der Waals surface area contributed by atoms with E-state index in [4.69, 9.17) is 17.3 Å². The van der Waals surface area contributed by atoms with E-state index in [1.54, 1.807) is 0 Å². The topological polar surface area (TPSA) is 72.1 Å². The molecule has 1 aromatic heterocycles. The largest absolute Gasteiger partial charge is 0.333 e. The monoisotopic (exact) mass is 332 g/mol. The van der Waals surface area contributed by atoms with Crippen molar-refractivity contribution in [3.05, 3.63) is 22.7 Å². The van der Waals surface area contributed by atoms with Gasteiger partial charge in [0.25, 0.3) is 5.91 Å². The van der Waals surface area contributed by atoms with Crippen molar-refractivity contribution in [2.45, 2.75) is 45.1 Å². The minimum atomic E-state index is -0.130. The van der Waals surface area contributed by atoms with Crippen molar-refractivity contribution < 1.29 is 4.79 Å². The molecule has 118 valence electrons. The molecule has 2 N–H and O–H groups in total. The van der Waals surface area contributed by atoms with Crippen LogP contribution >= 0.6 is 24.0 Å². The maximum atomic E-state index is 12.7. The zero-order valence-corrected chi connectivity index (χ0v) is 14.0. The number of aromatic nitrogens is 2. The third-order valence-electron chi connectivity index (χ3n) is 3.64. The summed E-state index contributed by atoms with van der Waals surface area (Å²) in [6.07, 6.45) is 4.57. The van der Waals surface area contributed by atoms with Crippen LogP contribution in [0.3, 0.4) is 0 Å². The summed E-state index contributed by atoms with van der Waals surface area (Å²) < 4.78 is 0. The Balaban J connectivity index is 0.00000220. The van der Waals surface area contributed by atoms with Gasteiger partial charge in [0.15, 0.2) is 5.69 Å². The van der Waals surface area contributed by atoms with Gasteiger partial charge in [-0.3, -0.25) is 4.79 Å². The second kappa shape index (κ2) is 7.92. The molecule has 5 nitrogen and oxygen atoms in total. The van der Waals surface area contributed by atoms with Crippen molar-refractivity contribution in [3.63, 3.8) is 0 Å². The summed E-state index contributed by atoms with van der Waals surface area (Å²) in [5.41, 5.74) is 6.06. The lowest BCUT2D eigenvalue weighted by Crippen LogP contribution is -2.47. The van der Waals surface area contributed by atoms with Crippen LogP contribution in [-0.4, -0.2) is 39.9 Å². The predicted molar refractivity (Wildman–Crippen MR) is 86.1 cm³/mol. The quantitative estimate of drug-likeness (QED) is 0.923. The fraction of sp³-hybridized carbons (Fsp3) is 0.643. The SMILES string of the molecule is CC(C)c1ncc(Cl)c(C(=O)N2CCCCC2CN)n1.Cl. The molecule has 1 aliphatic rings. The van der Waals surface area contributed by atoms with Crippen LogP contribution in [0.4, 0.5) is 0 Å². The number of rotatable bonds is 3. The van der Waals surface area contributed by atoms with Crippen LogP contribution in [-0.2, 0) is 0 Å². The van der Waals surface area contributed by atoms with Gasteiger partial charge in [-0.15, -0.1) is 12.4 Å². The molecule has 1 amide bonds. The average Bonchev–Trinajstić information content (AvgIpc) is 2.46. The molecule has 2 heterocycles. The molecule has 1 saturated heterocycles. The van der Waals surface area contributed by atoms with E-state index in [9.17, 15) is 4.79 Å². The smallest absolute Gasteiger partial charge is 0.274 e. The zero-order valence-electron chi connectivity index (χ0n) is 12.4. The highest BCUT2D eigenvalue weighted by Gasteiger charge is 2.29. The molecule has 0 spiro atoms. The molecule has 0 saturated carbocycles. The lowest BCUT2D eigenvalue weighted by Gasteiger charge is -2.35. The minimum absolute atomic E-state index is 0. The molecule has 0 aliphatic carbocycles. The molecule has 2 rings (SSSR count). The molecule has 1 aliphatic heterocycles. The van der Waals surface area contributed by atoms with E-state index < -0.39 is 0 Å². The zero-order chi connectivity index (χ0) is 14.7.